The van der Waals surface area contributed by atoms with E-state index in [1.165, 1.54) is 5.56 Å². The van der Waals surface area contributed by atoms with Crippen LogP contribution in [0.3, 0.4) is 0 Å². The van der Waals surface area contributed by atoms with Crippen molar-refractivity contribution in [1.82, 2.24) is 0 Å². The maximum absolute atomic E-state index is 6.14. The van der Waals surface area contributed by atoms with Gasteiger partial charge in [0.1, 0.15) is 5.75 Å². The maximum Gasteiger partial charge on any atom is 0.138 e. The predicted octanol–water partition coefficient (Wildman–Crippen LogP) is 4.39. The fourth-order valence-corrected chi connectivity index (χ4v) is 2.11. The summed E-state index contributed by atoms with van der Waals surface area (Å²) in [4.78, 5) is 0. The van der Waals surface area contributed by atoms with Crippen LogP contribution < -0.4 is 10.1 Å². The maximum atomic E-state index is 6.14. The Hall–Kier alpha value is -1.67. The summed E-state index contributed by atoms with van der Waals surface area (Å²) in [6.07, 6.45) is 0.992. The molecule has 0 spiro atoms. The Morgan fingerprint density at radius 3 is 2.58 bits per heavy atom. The zero-order valence-electron chi connectivity index (χ0n) is 11.0. The van der Waals surface area contributed by atoms with Gasteiger partial charge in [-0.3, -0.25) is 0 Å². The summed E-state index contributed by atoms with van der Waals surface area (Å²) in [5.74, 6) is 0.734. The van der Waals surface area contributed by atoms with Crippen LogP contribution >= 0.6 is 11.6 Å². The average Bonchev–Trinajstić information content (AvgIpc) is 2.43. The topological polar surface area (TPSA) is 21.3 Å². The molecule has 0 aliphatic heterocycles. The lowest BCUT2D eigenvalue weighted by Gasteiger charge is -2.10. The van der Waals surface area contributed by atoms with Crippen LogP contribution in [-0.2, 0) is 6.42 Å². The normalized spacial score (nSPS) is 10.2. The minimum Gasteiger partial charge on any atom is -0.492 e. The van der Waals surface area contributed by atoms with Gasteiger partial charge < -0.3 is 10.1 Å². The van der Waals surface area contributed by atoms with Crippen LogP contribution in [-0.4, -0.2) is 13.2 Å². The van der Waals surface area contributed by atoms with Crippen LogP contribution in [0.2, 0.25) is 5.02 Å². The molecule has 0 heterocycles. The first-order valence-electron chi connectivity index (χ1n) is 6.49. The van der Waals surface area contributed by atoms with Crippen molar-refractivity contribution in [2.24, 2.45) is 0 Å². The van der Waals surface area contributed by atoms with Gasteiger partial charge in [0.2, 0.25) is 0 Å². The molecule has 0 bridgehead atoms. The van der Waals surface area contributed by atoms with Crippen molar-refractivity contribution >= 4 is 17.3 Å². The van der Waals surface area contributed by atoms with Gasteiger partial charge >= 0.3 is 0 Å². The first-order valence-corrected chi connectivity index (χ1v) is 6.87. The number of hydrogen-bond acceptors (Lipinski definition) is 2. The quantitative estimate of drug-likeness (QED) is 0.844. The number of nitrogens with one attached hydrogen (secondary N) is 1. The van der Waals surface area contributed by atoms with Gasteiger partial charge in [-0.1, -0.05) is 41.9 Å². The summed E-state index contributed by atoms with van der Waals surface area (Å²) in [6, 6.07) is 16.2. The molecule has 3 heteroatoms. The molecule has 2 aromatic rings. The van der Waals surface area contributed by atoms with E-state index in [1.54, 1.807) is 0 Å². The largest absolute Gasteiger partial charge is 0.492 e. The lowest BCUT2D eigenvalue weighted by molar-refractivity contribution is 0.340. The van der Waals surface area contributed by atoms with Gasteiger partial charge in [0.15, 0.2) is 0 Å². The summed E-state index contributed by atoms with van der Waals surface area (Å²) in [6.45, 7) is 3.46. The summed E-state index contributed by atoms with van der Waals surface area (Å²) in [7, 11) is 0. The Labute approximate surface area is 119 Å². The van der Waals surface area contributed by atoms with Gasteiger partial charge in [0.25, 0.3) is 0 Å². The van der Waals surface area contributed by atoms with E-state index in [1.807, 2.05) is 31.2 Å². The average molecular weight is 276 g/mol. The van der Waals surface area contributed by atoms with Crippen LogP contribution in [0.1, 0.15) is 12.5 Å². The van der Waals surface area contributed by atoms with E-state index < -0.39 is 0 Å². The number of anilines is 1. The monoisotopic (exact) mass is 275 g/mol. The fourth-order valence-electron chi connectivity index (χ4n) is 1.88. The lowest BCUT2D eigenvalue weighted by Crippen LogP contribution is -2.04. The van der Waals surface area contributed by atoms with Crippen molar-refractivity contribution in [3.8, 4) is 5.75 Å². The molecule has 0 fully saturated rings. The van der Waals surface area contributed by atoms with Gasteiger partial charge in [-0.25, -0.2) is 0 Å². The Morgan fingerprint density at radius 1 is 1.11 bits per heavy atom. The molecule has 0 aromatic heterocycles. The standard InChI is InChI=1S/C16H18ClNO/c1-2-19-16-9-8-14(12-15(16)17)18-11-10-13-6-4-3-5-7-13/h3-9,12,18H,2,10-11H2,1H3. The van der Waals surface area contributed by atoms with E-state index in [9.17, 15) is 0 Å². The highest BCUT2D eigenvalue weighted by Crippen LogP contribution is 2.27. The number of benzene rings is 2. The van der Waals surface area contributed by atoms with E-state index in [0.29, 0.717) is 11.6 Å². The molecule has 0 saturated carbocycles. The van der Waals surface area contributed by atoms with Gasteiger partial charge in [-0.2, -0.15) is 0 Å². The molecule has 0 aliphatic carbocycles. The SMILES string of the molecule is CCOc1ccc(NCCc2ccccc2)cc1Cl. The minimum absolute atomic E-state index is 0.625. The lowest BCUT2D eigenvalue weighted by atomic mass is 10.1. The van der Waals surface area contributed by atoms with Crippen molar-refractivity contribution in [1.29, 1.82) is 0 Å². The van der Waals surface area contributed by atoms with Crippen LogP contribution in [0.5, 0.6) is 5.75 Å². The first-order chi connectivity index (χ1) is 9.29. The van der Waals surface area contributed by atoms with E-state index in [0.717, 1.165) is 24.4 Å². The molecular formula is C16H18ClNO. The number of ether oxygens (including phenoxy) is 1. The second kappa shape index (κ2) is 7.05. The molecular weight excluding hydrogens is 258 g/mol. The van der Waals surface area contributed by atoms with E-state index >= 15 is 0 Å². The molecule has 0 atom stereocenters. The number of hydrogen-bond donors (Lipinski definition) is 1. The highest BCUT2D eigenvalue weighted by atomic mass is 35.5. The molecule has 2 aromatic carbocycles. The molecule has 1 N–H and O–H groups in total. The van der Waals surface area contributed by atoms with E-state index in [-0.39, 0.29) is 0 Å². The Kier molecular flexibility index (Phi) is 5.10. The van der Waals surface area contributed by atoms with Gasteiger partial charge in [0, 0.05) is 12.2 Å². The molecule has 0 radical (unpaired) electrons. The summed E-state index contributed by atoms with van der Waals surface area (Å²) < 4.78 is 5.41. The number of halogens is 1. The summed E-state index contributed by atoms with van der Waals surface area (Å²) in [5, 5.41) is 4.01. The van der Waals surface area contributed by atoms with Gasteiger partial charge in [-0.05, 0) is 37.1 Å². The van der Waals surface area contributed by atoms with Crippen molar-refractivity contribution in [3.05, 3.63) is 59.1 Å². The van der Waals surface area contributed by atoms with E-state index in [4.69, 9.17) is 16.3 Å². The second-order valence-electron chi connectivity index (χ2n) is 4.24. The summed E-state index contributed by atoms with van der Waals surface area (Å²) >= 11 is 6.14. The molecule has 0 amide bonds. The third-order valence-corrected chi connectivity index (χ3v) is 3.11. The van der Waals surface area contributed by atoms with Crippen molar-refractivity contribution < 1.29 is 4.74 Å². The third-order valence-electron chi connectivity index (χ3n) is 2.82. The zero-order valence-corrected chi connectivity index (χ0v) is 11.8. The smallest absolute Gasteiger partial charge is 0.138 e. The highest BCUT2D eigenvalue weighted by Gasteiger charge is 2.02. The molecule has 0 aliphatic rings. The summed E-state index contributed by atoms with van der Waals surface area (Å²) in [5.41, 5.74) is 2.34. The van der Waals surface area contributed by atoms with Gasteiger partial charge in [-0.15, -0.1) is 0 Å². The third kappa shape index (κ3) is 4.18. The van der Waals surface area contributed by atoms with E-state index in [2.05, 4.69) is 29.6 Å². The second-order valence-corrected chi connectivity index (χ2v) is 4.65. The fraction of sp³-hybridized carbons (Fsp3) is 0.250. The molecule has 2 nitrogen and oxygen atoms in total. The Morgan fingerprint density at radius 2 is 1.89 bits per heavy atom. The van der Waals surface area contributed by atoms with Crippen LogP contribution in [0.4, 0.5) is 5.69 Å². The zero-order chi connectivity index (χ0) is 13.5. The van der Waals surface area contributed by atoms with Crippen molar-refractivity contribution in [3.63, 3.8) is 0 Å². The highest BCUT2D eigenvalue weighted by molar-refractivity contribution is 6.32. The molecule has 100 valence electrons. The molecule has 2 rings (SSSR count). The Bertz CT molecular complexity index is 513. The Balaban J connectivity index is 1.88. The van der Waals surface area contributed by atoms with Crippen LogP contribution in [0, 0.1) is 0 Å². The molecule has 0 saturated heterocycles. The van der Waals surface area contributed by atoms with Gasteiger partial charge in [0.05, 0.1) is 11.6 Å². The number of rotatable bonds is 6. The van der Waals surface area contributed by atoms with Crippen molar-refractivity contribution in [2.45, 2.75) is 13.3 Å². The molecule has 0 unspecified atom stereocenters. The predicted molar refractivity (Wildman–Crippen MR) is 81.3 cm³/mol. The van der Waals surface area contributed by atoms with Crippen molar-refractivity contribution in [2.75, 3.05) is 18.5 Å². The molecule has 19 heavy (non-hydrogen) atoms. The minimum atomic E-state index is 0.625. The first kappa shape index (κ1) is 13.8. The van der Waals surface area contributed by atoms with Crippen LogP contribution in [0.15, 0.2) is 48.5 Å². The van der Waals surface area contributed by atoms with Crippen LogP contribution in [0.25, 0.3) is 0 Å².